The Balaban J connectivity index is 1.12. The quantitative estimate of drug-likeness (QED) is 0.262. The normalized spacial score (nSPS) is 19.7. The van der Waals surface area contributed by atoms with E-state index in [1.807, 2.05) is 36.4 Å². The van der Waals surface area contributed by atoms with Crippen LogP contribution in [0.1, 0.15) is 48.5 Å². The molecular weight excluding hydrogens is 508 g/mol. The number of amides is 1. The zero-order valence-corrected chi connectivity index (χ0v) is 23.1. The van der Waals surface area contributed by atoms with Crippen LogP contribution < -0.4 is 10.2 Å². The Morgan fingerprint density at radius 3 is 2.64 bits per heavy atom. The molecular formula is C32H35ClN4O2. The molecule has 1 aromatic heterocycles. The number of halogens is 1. The number of piperidine rings is 1. The highest BCUT2D eigenvalue weighted by Gasteiger charge is 2.34. The number of morpholine rings is 1. The van der Waals surface area contributed by atoms with E-state index in [2.05, 4.69) is 57.7 Å². The third-order valence-electron chi connectivity index (χ3n) is 8.19. The predicted octanol–water partition coefficient (Wildman–Crippen LogP) is 6.64. The van der Waals surface area contributed by atoms with Gasteiger partial charge < -0.3 is 15.0 Å². The van der Waals surface area contributed by atoms with Crippen molar-refractivity contribution in [2.75, 3.05) is 24.7 Å². The predicted molar refractivity (Wildman–Crippen MR) is 158 cm³/mol. The van der Waals surface area contributed by atoms with E-state index < -0.39 is 0 Å². The molecule has 0 unspecified atom stereocenters. The Morgan fingerprint density at radius 1 is 1.10 bits per heavy atom. The number of anilines is 1. The van der Waals surface area contributed by atoms with Gasteiger partial charge in [0.2, 0.25) is 0 Å². The van der Waals surface area contributed by atoms with E-state index in [-0.39, 0.29) is 5.91 Å². The van der Waals surface area contributed by atoms with E-state index in [4.69, 9.17) is 16.3 Å². The molecule has 6 nitrogen and oxygen atoms in total. The van der Waals surface area contributed by atoms with Crippen molar-refractivity contribution in [3.63, 3.8) is 0 Å². The van der Waals surface area contributed by atoms with Crippen molar-refractivity contribution in [1.29, 1.82) is 0 Å². The monoisotopic (exact) mass is 542 g/mol. The van der Waals surface area contributed by atoms with Gasteiger partial charge in [0.25, 0.3) is 5.91 Å². The summed E-state index contributed by atoms with van der Waals surface area (Å²) in [6.07, 6.45) is 5.43. The minimum absolute atomic E-state index is 0.0665. The summed E-state index contributed by atoms with van der Waals surface area (Å²) in [5.41, 5.74) is 5.86. The maximum Gasteiger partial charge on any atom is 0.251 e. The molecule has 2 bridgehead atoms. The van der Waals surface area contributed by atoms with Gasteiger partial charge in [-0.2, -0.15) is 5.10 Å². The summed E-state index contributed by atoms with van der Waals surface area (Å²) < 4.78 is 5.82. The second-order valence-electron chi connectivity index (χ2n) is 11.0. The van der Waals surface area contributed by atoms with E-state index in [0.29, 0.717) is 30.1 Å². The van der Waals surface area contributed by atoms with Crippen molar-refractivity contribution >= 4 is 34.1 Å². The summed E-state index contributed by atoms with van der Waals surface area (Å²) in [7, 11) is 0. The maximum absolute atomic E-state index is 13.0. The lowest BCUT2D eigenvalue weighted by Crippen LogP contribution is -2.55. The number of fused-ring (bicyclic) bond motifs is 3. The van der Waals surface area contributed by atoms with Crippen LogP contribution in [0.25, 0.3) is 22.2 Å². The summed E-state index contributed by atoms with van der Waals surface area (Å²) in [5.74, 6) is 0.344. The number of ether oxygens (including phenoxy) is 1. The van der Waals surface area contributed by atoms with Crippen LogP contribution >= 0.6 is 11.6 Å². The molecule has 202 valence electrons. The zero-order valence-electron chi connectivity index (χ0n) is 22.3. The largest absolute Gasteiger partial charge is 0.377 e. The number of H-pyrrole nitrogens is 1. The Bertz CT molecular complexity index is 1430. The van der Waals surface area contributed by atoms with Crippen LogP contribution in [-0.2, 0) is 11.2 Å². The van der Waals surface area contributed by atoms with E-state index in [1.165, 1.54) is 24.9 Å². The number of aromatic amines is 1. The van der Waals surface area contributed by atoms with E-state index >= 15 is 0 Å². The fourth-order valence-electron chi connectivity index (χ4n) is 6.10. The average molecular weight is 543 g/mol. The molecule has 2 aliphatic heterocycles. The fourth-order valence-corrected chi connectivity index (χ4v) is 6.31. The molecule has 2 saturated heterocycles. The fraction of sp³-hybridized carbons (Fsp3) is 0.375. The number of carbonyl (C=O) groups excluding carboxylic acids is 1. The summed E-state index contributed by atoms with van der Waals surface area (Å²) in [6.45, 7) is 4.43. The highest BCUT2D eigenvalue weighted by molar-refractivity contribution is 6.31. The molecule has 2 N–H and O–H groups in total. The third kappa shape index (κ3) is 5.54. The topological polar surface area (TPSA) is 70.2 Å². The van der Waals surface area contributed by atoms with Gasteiger partial charge in [-0.25, -0.2) is 0 Å². The molecule has 1 amide bonds. The molecule has 2 fully saturated rings. The minimum Gasteiger partial charge on any atom is -0.377 e. The van der Waals surface area contributed by atoms with Gasteiger partial charge in [0.1, 0.15) is 0 Å². The van der Waals surface area contributed by atoms with E-state index in [1.54, 1.807) is 0 Å². The van der Waals surface area contributed by atoms with Crippen molar-refractivity contribution in [2.24, 2.45) is 5.92 Å². The maximum atomic E-state index is 13.0. The molecule has 3 atom stereocenters. The van der Waals surface area contributed by atoms with Crippen molar-refractivity contribution in [3.8, 4) is 11.3 Å². The zero-order chi connectivity index (χ0) is 26.8. The Morgan fingerprint density at radius 2 is 1.87 bits per heavy atom. The molecule has 3 aromatic carbocycles. The van der Waals surface area contributed by atoms with Crippen LogP contribution in [0.5, 0.6) is 0 Å². The van der Waals surface area contributed by atoms with Crippen LogP contribution in [0.2, 0.25) is 5.02 Å². The first-order chi connectivity index (χ1) is 19.1. The lowest BCUT2D eigenvalue weighted by molar-refractivity contribution is 0.0463. The molecule has 0 radical (unpaired) electrons. The van der Waals surface area contributed by atoms with Gasteiger partial charge in [-0.1, -0.05) is 48.9 Å². The molecule has 0 saturated carbocycles. The molecule has 4 aromatic rings. The Hall–Kier alpha value is -3.35. The summed E-state index contributed by atoms with van der Waals surface area (Å²) in [5, 5.41) is 12.6. The Labute approximate surface area is 234 Å². The molecule has 0 aliphatic carbocycles. The second-order valence-corrected chi connectivity index (χ2v) is 11.4. The van der Waals surface area contributed by atoms with Gasteiger partial charge >= 0.3 is 0 Å². The van der Waals surface area contributed by atoms with E-state index in [9.17, 15) is 4.79 Å². The Kier molecular flexibility index (Phi) is 7.58. The molecule has 6 rings (SSSR count). The summed E-state index contributed by atoms with van der Waals surface area (Å²) >= 11 is 6.31. The summed E-state index contributed by atoms with van der Waals surface area (Å²) in [6, 6.07) is 23.3. The number of aromatic nitrogens is 2. The van der Waals surface area contributed by atoms with Crippen LogP contribution in [0.4, 0.5) is 5.69 Å². The van der Waals surface area contributed by atoms with Gasteiger partial charge in [0.05, 0.1) is 36.5 Å². The highest BCUT2D eigenvalue weighted by Crippen LogP contribution is 2.34. The lowest BCUT2D eigenvalue weighted by atomic mass is 9.93. The minimum atomic E-state index is -0.0665. The number of carbonyl (C=O) groups is 1. The van der Waals surface area contributed by atoms with Gasteiger partial charge in [0, 0.05) is 33.8 Å². The first-order valence-electron chi connectivity index (χ1n) is 14.0. The SMILES string of the molecule is C[C@@H](CCNC(=O)c1ccc2[nH]nc(-c3ccc(N4[C@@H]5CCC[C@H]4COC5)cc3)c2c1)Cc1ccccc1Cl. The van der Waals surface area contributed by atoms with Crippen LogP contribution in [0.15, 0.2) is 66.7 Å². The van der Waals surface area contributed by atoms with E-state index in [0.717, 1.165) is 58.8 Å². The molecule has 0 spiro atoms. The van der Waals surface area contributed by atoms with Crippen molar-refractivity contribution in [1.82, 2.24) is 15.5 Å². The molecule has 3 heterocycles. The number of rotatable bonds is 8. The van der Waals surface area contributed by atoms with Crippen LogP contribution in [0.3, 0.4) is 0 Å². The molecule has 7 heteroatoms. The molecule has 2 aliphatic rings. The number of benzene rings is 3. The van der Waals surface area contributed by atoms with Crippen molar-refractivity contribution < 1.29 is 9.53 Å². The van der Waals surface area contributed by atoms with Crippen LogP contribution in [0, 0.1) is 5.92 Å². The standard InChI is InChI=1S/C32H35ClN4O2/c1-21(17-23-5-2-3-8-29(23)33)15-16-34-32(38)24-11-14-30-28(18-24)31(36-35-30)22-9-12-25(13-10-22)37-26-6-4-7-27(37)20-39-19-26/h2-3,5,8-14,18,21,26-27H,4,6-7,15-17,19-20H2,1H3,(H,34,38)(H,35,36)/t21-,26-,27+/m0/s1. The number of nitrogens with one attached hydrogen (secondary N) is 2. The lowest BCUT2D eigenvalue weighted by Gasteiger charge is -2.47. The number of hydrogen-bond acceptors (Lipinski definition) is 4. The third-order valence-corrected chi connectivity index (χ3v) is 8.56. The van der Waals surface area contributed by atoms with Gasteiger partial charge in [-0.15, -0.1) is 0 Å². The first-order valence-corrected chi connectivity index (χ1v) is 14.4. The van der Waals surface area contributed by atoms with Crippen LogP contribution in [-0.4, -0.2) is 47.9 Å². The average Bonchev–Trinajstić information content (AvgIpc) is 3.37. The van der Waals surface area contributed by atoms with Crippen molar-refractivity contribution in [3.05, 3.63) is 82.9 Å². The van der Waals surface area contributed by atoms with Gasteiger partial charge in [-0.3, -0.25) is 9.89 Å². The number of hydrogen-bond donors (Lipinski definition) is 2. The first kappa shape index (κ1) is 25.9. The van der Waals surface area contributed by atoms with Gasteiger partial charge in [-0.05, 0) is 80.0 Å². The highest BCUT2D eigenvalue weighted by atomic mass is 35.5. The smallest absolute Gasteiger partial charge is 0.251 e. The molecule has 39 heavy (non-hydrogen) atoms. The van der Waals surface area contributed by atoms with Crippen molar-refractivity contribution in [2.45, 2.75) is 51.1 Å². The number of nitrogens with zero attached hydrogens (tertiary/aromatic N) is 2. The van der Waals surface area contributed by atoms with Gasteiger partial charge in [0.15, 0.2) is 0 Å². The summed E-state index contributed by atoms with van der Waals surface area (Å²) in [4.78, 5) is 15.5. The second kappa shape index (κ2) is 11.4.